The van der Waals surface area contributed by atoms with Gasteiger partial charge in [-0.1, -0.05) is 19.9 Å². The number of benzene rings is 1. The van der Waals surface area contributed by atoms with E-state index in [1.165, 1.54) is 5.56 Å². The predicted molar refractivity (Wildman–Crippen MR) is 76.2 cm³/mol. The standard InChI is InChI=1S/C14H22N2O2S/c1-11(2)4-3-7-16-19(17,18)14-6-5-12-9-15-10-13(12)8-14/h5-6,8,11,15-16H,3-4,7,9-10H2,1-2H3. The molecule has 0 fully saturated rings. The summed E-state index contributed by atoms with van der Waals surface area (Å²) in [5.41, 5.74) is 2.28. The third-order valence-corrected chi connectivity index (χ3v) is 4.83. The molecule has 0 amide bonds. The van der Waals surface area contributed by atoms with Crippen molar-refractivity contribution >= 4 is 10.0 Å². The van der Waals surface area contributed by atoms with Crippen molar-refractivity contribution in [2.45, 2.75) is 44.7 Å². The highest BCUT2D eigenvalue weighted by molar-refractivity contribution is 7.89. The molecule has 2 N–H and O–H groups in total. The maximum atomic E-state index is 12.1. The molecule has 1 heterocycles. The van der Waals surface area contributed by atoms with E-state index in [1.807, 2.05) is 6.07 Å². The first-order valence-electron chi connectivity index (χ1n) is 6.81. The largest absolute Gasteiger partial charge is 0.309 e. The summed E-state index contributed by atoms with van der Waals surface area (Å²) in [6, 6.07) is 5.37. The Bertz CT molecular complexity index is 538. The zero-order chi connectivity index (χ0) is 13.9. The van der Waals surface area contributed by atoms with Crippen LogP contribution in [0.25, 0.3) is 0 Å². The van der Waals surface area contributed by atoms with Crippen LogP contribution in [0.4, 0.5) is 0 Å². The molecular weight excluding hydrogens is 260 g/mol. The van der Waals surface area contributed by atoms with Gasteiger partial charge >= 0.3 is 0 Å². The minimum Gasteiger partial charge on any atom is -0.309 e. The van der Waals surface area contributed by atoms with Crippen molar-refractivity contribution in [1.82, 2.24) is 10.0 Å². The topological polar surface area (TPSA) is 58.2 Å². The van der Waals surface area contributed by atoms with Crippen molar-refractivity contribution in [1.29, 1.82) is 0 Å². The number of hydrogen-bond acceptors (Lipinski definition) is 3. The second-order valence-corrected chi connectivity index (χ2v) is 7.23. The fourth-order valence-electron chi connectivity index (χ4n) is 2.24. The summed E-state index contributed by atoms with van der Waals surface area (Å²) in [7, 11) is -3.36. The summed E-state index contributed by atoms with van der Waals surface area (Å²) in [6.07, 6.45) is 1.92. The fourth-order valence-corrected chi connectivity index (χ4v) is 3.36. The average molecular weight is 282 g/mol. The summed E-state index contributed by atoms with van der Waals surface area (Å²) in [5.74, 6) is 0.607. The fraction of sp³-hybridized carbons (Fsp3) is 0.571. The van der Waals surface area contributed by atoms with Crippen molar-refractivity contribution in [3.63, 3.8) is 0 Å². The van der Waals surface area contributed by atoms with Crippen molar-refractivity contribution < 1.29 is 8.42 Å². The highest BCUT2D eigenvalue weighted by atomic mass is 32.2. The quantitative estimate of drug-likeness (QED) is 0.785. The van der Waals surface area contributed by atoms with Gasteiger partial charge in [0.25, 0.3) is 0 Å². The highest BCUT2D eigenvalue weighted by Gasteiger charge is 2.17. The van der Waals surface area contributed by atoms with Crippen LogP contribution in [0, 0.1) is 5.92 Å². The molecular formula is C14H22N2O2S. The summed E-state index contributed by atoms with van der Waals surface area (Å²) in [4.78, 5) is 0.375. The number of rotatable bonds is 6. The van der Waals surface area contributed by atoms with E-state index in [2.05, 4.69) is 23.9 Å². The molecule has 5 heteroatoms. The van der Waals surface area contributed by atoms with Crippen molar-refractivity contribution in [2.75, 3.05) is 6.54 Å². The minimum atomic E-state index is -3.36. The molecule has 1 aromatic carbocycles. The van der Waals surface area contributed by atoms with Crippen LogP contribution in [-0.2, 0) is 23.1 Å². The number of hydrogen-bond donors (Lipinski definition) is 2. The van der Waals surface area contributed by atoms with E-state index in [0.717, 1.165) is 31.5 Å². The lowest BCUT2D eigenvalue weighted by atomic mass is 10.1. The maximum Gasteiger partial charge on any atom is 0.240 e. The molecule has 0 saturated heterocycles. The van der Waals surface area contributed by atoms with Gasteiger partial charge in [-0.25, -0.2) is 13.1 Å². The Morgan fingerprint density at radius 3 is 2.74 bits per heavy atom. The van der Waals surface area contributed by atoms with E-state index in [0.29, 0.717) is 17.4 Å². The van der Waals surface area contributed by atoms with Gasteiger partial charge in [0.2, 0.25) is 10.0 Å². The molecule has 0 aliphatic carbocycles. The average Bonchev–Trinajstić information content (AvgIpc) is 2.81. The lowest BCUT2D eigenvalue weighted by molar-refractivity contribution is 0.540. The second kappa shape index (κ2) is 6.03. The molecule has 0 unspecified atom stereocenters. The molecule has 0 aromatic heterocycles. The van der Waals surface area contributed by atoms with Crippen LogP contribution in [0.2, 0.25) is 0 Å². The Labute approximate surface area is 115 Å². The maximum absolute atomic E-state index is 12.1. The summed E-state index contributed by atoms with van der Waals surface area (Å²) >= 11 is 0. The normalized spacial score (nSPS) is 14.9. The Morgan fingerprint density at radius 1 is 1.26 bits per heavy atom. The molecule has 0 radical (unpaired) electrons. The third kappa shape index (κ3) is 3.78. The summed E-state index contributed by atoms with van der Waals surface area (Å²) < 4.78 is 27.0. The van der Waals surface area contributed by atoms with Crippen LogP contribution in [-0.4, -0.2) is 15.0 Å². The Morgan fingerprint density at radius 2 is 2.00 bits per heavy atom. The van der Waals surface area contributed by atoms with E-state index < -0.39 is 10.0 Å². The van der Waals surface area contributed by atoms with Gasteiger partial charge in [-0.05, 0) is 42.0 Å². The molecule has 2 rings (SSSR count). The van der Waals surface area contributed by atoms with Gasteiger partial charge < -0.3 is 5.32 Å². The first-order valence-corrected chi connectivity index (χ1v) is 8.29. The van der Waals surface area contributed by atoms with Gasteiger partial charge in [0.05, 0.1) is 4.90 Å². The molecule has 0 atom stereocenters. The highest BCUT2D eigenvalue weighted by Crippen LogP contribution is 2.19. The van der Waals surface area contributed by atoms with Crippen molar-refractivity contribution in [3.05, 3.63) is 29.3 Å². The zero-order valence-corrected chi connectivity index (χ0v) is 12.4. The van der Waals surface area contributed by atoms with Crippen LogP contribution in [0.1, 0.15) is 37.8 Å². The van der Waals surface area contributed by atoms with Crippen LogP contribution < -0.4 is 10.0 Å². The van der Waals surface area contributed by atoms with E-state index in [-0.39, 0.29) is 0 Å². The van der Waals surface area contributed by atoms with Crippen LogP contribution in [0.5, 0.6) is 0 Å². The van der Waals surface area contributed by atoms with Crippen molar-refractivity contribution in [2.24, 2.45) is 5.92 Å². The van der Waals surface area contributed by atoms with Crippen LogP contribution in [0.3, 0.4) is 0 Å². The molecule has 1 aromatic rings. The molecule has 0 saturated carbocycles. The van der Waals surface area contributed by atoms with Crippen LogP contribution in [0.15, 0.2) is 23.1 Å². The molecule has 106 valence electrons. The van der Waals surface area contributed by atoms with E-state index in [1.54, 1.807) is 12.1 Å². The SMILES string of the molecule is CC(C)CCCNS(=O)(=O)c1ccc2c(c1)CNC2. The lowest BCUT2D eigenvalue weighted by Crippen LogP contribution is -2.25. The molecule has 0 bridgehead atoms. The van der Waals surface area contributed by atoms with E-state index in [9.17, 15) is 8.42 Å². The van der Waals surface area contributed by atoms with Gasteiger partial charge in [-0.3, -0.25) is 0 Å². The van der Waals surface area contributed by atoms with Gasteiger partial charge in [-0.2, -0.15) is 0 Å². The van der Waals surface area contributed by atoms with Gasteiger partial charge in [0.1, 0.15) is 0 Å². The Kier molecular flexibility index (Phi) is 4.60. The molecule has 4 nitrogen and oxygen atoms in total. The molecule has 19 heavy (non-hydrogen) atoms. The third-order valence-electron chi connectivity index (χ3n) is 3.37. The van der Waals surface area contributed by atoms with Gasteiger partial charge in [0, 0.05) is 19.6 Å². The number of nitrogens with one attached hydrogen (secondary N) is 2. The molecule has 0 spiro atoms. The summed E-state index contributed by atoms with van der Waals surface area (Å²) in [5, 5.41) is 3.22. The van der Waals surface area contributed by atoms with E-state index >= 15 is 0 Å². The smallest absolute Gasteiger partial charge is 0.240 e. The lowest BCUT2D eigenvalue weighted by Gasteiger charge is -2.09. The van der Waals surface area contributed by atoms with Gasteiger partial charge in [-0.15, -0.1) is 0 Å². The van der Waals surface area contributed by atoms with E-state index in [4.69, 9.17) is 0 Å². The zero-order valence-electron chi connectivity index (χ0n) is 11.6. The monoisotopic (exact) mass is 282 g/mol. The Balaban J connectivity index is 1.99. The molecule has 1 aliphatic rings. The number of fused-ring (bicyclic) bond motifs is 1. The first kappa shape index (κ1) is 14.5. The van der Waals surface area contributed by atoms with Crippen molar-refractivity contribution in [3.8, 4) is 0 Å². The Hall–Kier alpha value is -0.910. The first-order chi connectivity index (χ1) is 8.99. The molecule has 1 aliphatic heterocycles. The predicted octanol–water partition coefficient (Wildman–Crippen LogP) is 2.00. The van der Waals surface area contributed by atoms with Crippen LogP contribution >= 0.6 is 0 Å². The summed E-state index contributed by atoms with van der Waals surface area (Å²) in [6.45, 7) is 6.38. The number of sulfonamides is 1. The van der Waals surface area contributed by atoms with Gasteiger partial charge in [0.15, 0.2) is 0 Å². The minimum absolute atomic E-state index is 0.375. The second-order valence-electron chi connectivity index (χ2n) is 5.47.